The van der Waals surface area contributed by atoms with E-state index >= 15 is 0 Å². The maximum atomic E-state index is 11.8. The molecule has 20 heavy (non-hydrogen) atoms. The lowest BCUT2D eigenvalue weighted by Gasteiger charge is -2.27. The number of methoxy groups -OCH3 is 1. The molecule has 0 bridgehead atoms. The molecule has 1 heterocycles. The van der Waals surface area contributed by atoms with Gasteiger partial charge in [0, 0.05) is 19.1 Å². The topological polar surface area (TPSA) is 56.8 Å². The molecular formula is C14H18ClNO4. The summed E-state index contributed by atoms with van der Waals surface area (Å²) in [6.45, 7) is 1.44. The predicted octanol–water partition coefficient (Wildman–Crippen LogP) is 1.94. The Bertz CT molecular complexity index is 466. The van der Waals surface area contributed by atoms with E-state index in [-0.39, 0.29) is 18.6 Å². The Kier molecular flexibility index (Phi) is 5.64. The van der Waals surface area contributed by atoms with Crippen LogP contribution in [-0.4, -0.2) is 39.4 Å². The highest BCUT2D eigenvalue weighted by Crippen LogP contribution is 2.37. The van der Waals surface area contributed by atoms with Crippen LogP contribution in [0.15, 0.2) is 18.2 Å². The van der Waals surface area contributed by atoms with Gasteiger partial charge in [-0.15, -0.1) is 0 Å². The molecule has 0 saturated carbocycles. The number of para-hydroxylation sites is 1. The molecule has 0 unspecified atom stereocenters. The molecule has 0 aromatic heterocycles. The standard InChI is InChI=1S/C14H18ClNO4/c1-18-7-8-19-9-13(17)16-12-5-6-20-14-10(12)3-2-4-11(14)15/h2-4,12H,5-9H2,1H3,(H,16,17)/t12-/m0/s1. The molecule has 1 aliphatic rings. The second-order valence-electron chi connectivity index (χ2n) is 4.46. The summed E-state index contributed by atoms with van der Waals surface area (Å²) >= 11 is 6.09. The van der Waals surface area contributed by atoms with E-state index < -0.39 is 0 Å². The molecular weight excluding hydrogens is 282 g/mol. The van der Waals surface area contributed by atoms with Crippen LogP contribution in [0.1, 0.15) is 18.0 Å². The average molecular weight is 300 g/mol. The van der Waals surface area contributed by atoms with Crippen LogP contribution < -0.4 is 10.1 Å². The average Bonchev–Trinajstić information content (AvgIpc) is 2.45. The highest BCUT2D eigenvalue weighted by molar-refractivity contribution is 6.32. The van der Waals surface area contributed by atoms with E-state index in [1.54, 1.807) is 13.2 Å². The van der Waals surface area contributed by atoms with Crippen LogP contribution in [0, 0.1) is 0 Å². The number of fused-ring (bicyclic) bond motifs is 1. The van der Waals surface area contributed by atoms with Crippen LogP contribution in [0.5, 0.6) is 5.75 Å². The molecule has 0 aliphatic carbocycles. The number of benzene rings is 1. The molecule has 2 rings (SSSR count). The van der Waals surface area contributed by atoms with Crippen molar-refractivity contribution >= 4 is 17.5 Å². The molecule has 1 atom stereocenters. The van der Waals surface area contributed by atoms with Crippen molar-refractivity contribution in [1.29, 1.82) is 0 Å². The molecule has 1 amide bonds. The summed E-state index contributed by atoms with van der Waals surface area (Å²) in [6.07, 6.45) is 0.719. The third-order valence-electron chi connectivity index (χ3n) is 3.03. The molecule has 0 fully saturated rings. The molecule has 5 nitrogen and oxygen atoms in total. The molecule has 0 saturated heterocycles. The number of rotatable bonds is 6. The van der Waals surface area contributed by atoms with E-state index in [0.717, 1.165) is 12.0 Å². The zero-order valence-electron chi connectivity index (χ0n) is 11.4. The van der Waals surface area contributed by atoms with Gasteiger partial charge in [-0.25, -0.2) is 0 Å². The summed E-state index contributed by atoms with van der Waals surface area (Å²) in [5, 5.41) is 3.50. The number of halogens is 1. The second kappa shape index (κ2) is 7.47. The first-order valence-corrected chi connectivity index (χ1v) is 6.87. The molecule has 1 aromatic rings. The van der Waals surface area contributed by atoms with Gasteiger partial charge < -0.3 is 19.5 Å². The number of hydrogen-bond acceptors (Lipinski definition) is 4. The molecule has 1 aromatic carbocycles. The first-order valence-electron chi connectivity index (χ1n) is 6.49. The van der Waals surface area contributed by atoms with E-state index in [9.17, 15) is 4.79 Å². The van der Waals surface area contributed by atoms with Gasteiger partial charge >= 0.3 is 0 Å². The number of hydrogen-bond donors (Lipinski definition) is 1. The van der Waals surface area contributed by atoms with Crippen LogP contribution in [0.4, 0.5) is 0 Å². The number of ether oxygens (including phenoxy) is 3. The third-order valence-corrected chi connectivity index (χ3v) is 3.32. The SMILES string of the molecule is COCCOCC(=O)N[C@H]1CCOc2c(Cl)cccc21. The van der Waals surface area contributed by atoms with E-state index in [1.807, 2.05) is 12.1 Å². The van der Waals surface area contributed by atoms with Gasteiger partial charge in [-0.2, -0.15) is 0 Å². The summed E-state index contributed by atoms with van der Waals surface area (Å²) < 4.78 is 15.6. The van der Waals surface area contributed by atoms with E-state index in [2.05, 4.69) is 5.32 Å². The van der Waals surface area contributed by atoms with Gasteiger partial charge in [-0.1, -0.05) is 23.7 Å². The van der Waals surface area contributed by atoms with Crippen molar-refractivity contribution in [3.63, 3.8) is 0 Å². The Morgan fingerprint density at radius 3 is 3.15 bits per heavy atom. The number of nitrogens with one attached hydrogen (secondary N) is 1. The van der Waals surface area contributed by atoms with Crippen molar-refractivity contribution in [2.24, 2.45) is 0 Å². The van der Waals surface area contributed by atoms with Crippen molar-refractivity contribution in [1.82, 2.24) is 5.32 Å². The Hall–Kier alpha value is -1.30. The minimum absolute atomic E-state index is 0.0244. The smallest absolute Gasteiger partial charge is 0.246 e. The summed E-state index contributed by atoms with van der Waals surface area (Å²) in [5.41, 5.74) is 0.911. The fourth-order valence-corrected chi connectivity index (χ4v) is 2.32. The largest absolute Gasteiger partial charge is 0.492 e. The minimum atomic E-state index is -0.154. The Labute approximate surface area is 123 Å². The van der Waals surface area contributed by atoms with Crippen molar-refractivity contribution in [2.75, 3.05) is 33.5 Å². The van der Waals surface area contributed by atoms with Crippen LogP contribution >= 0.6 is 11.6 Å². The fourth-order valence-electron chi connectivity index (χ4n) is 2.08. The first kappa shape index (κ1) is 15.1. The van der Waals surface area contributed by atoms with Crippen molar-refractivity contribution < 1.29 is 19.0 Å². The Morgan fingerprint density at radius 2 is 2.35 bits per heavy atom. The number of amides is 1. The normalized spacial score (nSPS) is 17.2. The molecule has 110 valence electrons. The van der Waals surface area contributed by atoms with Crippen LogP contribution in [0.2, 0.25) is 5.02 Å². The van der Waals surface area contributed by atoms with E-state index in [4.69, 9.17) is 25.8 Å². The molecule has 6 heteroatoms. The molecule has 1 aliphatic heterocycles. The maximum absolute atomic E-state index is 11.8. The lowest BCUT2D eigenvalue weighted by atomic mass is 10.0. The van der Waals surface area contributed by atoms with Crippen molar-refractivity contribution in [3.05, 3.63) is 28.8 Å². The minimum Gasteiger partial charge on any atom is -0.492 e. The third kappa shape index (κ3) is 3.85. The second-order valence-corrected chi connectivity index (χ2v) is 4.87. The summed E-state index contributed by atoms with van der Waals surface area (Å²) in [4.78, 5) is 11.8. The lowest BCUT2D eigenvalue weighted by Crippen LogP contribution is -2.34. The maximum Gasteiger partial charge on any atom is 0.246 e. The zero-order valence-corrected chi connectivity index (χ0v) is 12.1. The highest BCUT2D eigenvalue weighted by atomic mass is 35.5. The van der Waals surface area contributed by atoms with Gasteiger partial charge in [0.2, 0.25) is 5.91 Å². The molecule has 1 N–H and O–H groups in total. The van der Waals surface area contributed by atoms with Gasteiger partial charge in [0.15, 0.2) is 0 Å². The van der Waals surface area contributed by atoms with Crippen molar-refractivity contribution in [2.45, 2.75) is 12.5 Å². The fraction of sp³-hybridized carbons (Fsp3) is 0.500. The Morgan fingerprint density at radius 1 is 1.50 bits per heavy atom. The van der Waals surface area contributed by atoms with Gasteiger partial charge in [0.1, 0.15) is 12.4 Å². The monoisotopic (exact) mass is 299 g/mol. The van der Waals surface area contributed by atoms with Crippen molar-refractivity contribution in [3.8, 4) is 5.75 Å². The number of carbonyl (C=O) groups is 1. The first-order chi connectivity index (χ1) is 9.72. The van der Waals surface area contributed by atoms with Crippen LogP contribution in [-0.2, 0) is 14.3 Å². The summed E-state index contributed by atoms with van der Waals surface area (Å²) in [6, 6.07) is 5.45. The highest BCUT2D eigenvalue weighted by Gasteiger charge is 2.24. The Balaban J connectivity index is 1.91. The van der Waals surface area contributed by atoms with Gasteiger partial charge in [-0.05, 0) is 6.07 Å². The van der Waals surface area contributed by atoms with Crippen LogP contribution in [0.3, 0.4) is 0 Å². The van der Waals surface area contributed by atoms with Crippen LogP contribution in [0.25, 0.3) is 0 Å². The van der Waals surface area contributed by atoms with E-state index in [0.29, 0.717) is 30.6 Å². The molecule has 0 radical (unpaired) electrons. The quantitative estimate of drug-likeness (QED) is 0.816. The molecule has 0 spiro atoms. The van der Waals surface area contributed by atoms with Gasteiger partial charge in [0.25, 0.3) is 0 Å². The summed E-state index contributed by atoms with van der Waals surface area (Å²) in [5.74, 6) is 0.505. The lowest BCUT2D eigenvalue weighted by molar-refractivity contribution is -0.127. The van der Waals surface area contributed by atoms with E-state index in [1.165, 1.54) is 0 Å². The zero-order chi connectivity index (χ0) is 14.4. The van der Waals surface area contributed by atoms with Gasteiger partial charge in [0.05, 0.1) is 30.9 Å². The van der Waals surface area contributed by atoms with Gasteiger partial charge in [-0.3, -0.25) is 4.79 Å². The summed E-state index contributed by atoms with van der Waals surface area (Å²) in [7, 11) is 1.59. The number of carbonyl (C=O) groups excluding carboxylic acids is 1. The predicted molar refractivity (Wildman–Crippen MR) is 75.1 cm³/mol.